The van der Waals surface area contributed by atoms with Crippen LogP contribution in [0.4, 0.5) is 10.1 Å². The van der Waals surface area contributed by atoms with Gasteiger partial charge in [-0.1, -0.05) is 32.0 Å². The van der Waals surface area contributed by atoms with Gasteiger partial charge in [-0.15, -0.1) is 0 Å². The van der Waals surface area contributed by atoms with E-state index >= 15 is 0 Å². The van der Waals surface area contributed by atoms with Crippen LogP contribution in [0, 0.1) is 12.7 Å². The Kier molecular flexibility index (Phi) is 5.12. The number of anilines is 1. The lowest BCUT2D eigenvalue weighted by atomic mass is 9.96. The molecule has 1 aliphatic heterocycles. The van der Waals surface area contributed by atoms with Crippen LogP contribution in [0.15, 0.2) is 16.7 Å². The van der Waals surface area contributed by atoms with E-state index in [1.165, 1.54) is 6.07 Å². The second kappa shape index (κ2) is 7.17. The molecule has 0 N–H and O–H groups in total. The number of fused-ring (bicyclic) bond motifs is 1. The van der Waals surface area contributed by atoms with E-state index in [1.807, 2.05) is 33.8 Å². The minimum absolute atomic E-state index is 0.0516. The third kappa shape index (κ3) is 3.94. The lowest BCUT2D eigenvalue weighted by Crippen LogP contribution is -2.36. The second-order valence-corrected chi connectivity index (χ2v) is 8.02. The van der Waals surface area contributed by atoms with Gasteiger partial charge in [-0.2, -0.15) is 4.98 Å². The number of carbonyl (C=O) groups is 1. The summed E-state index contributed by atoms with van der Waals surface area (Å²) in [4.78, 5) is 18.6. The predicted octanol–water partition coefficient (Wildman–Crippen LogP) is 4.12. The van der Waals surface area contributed by atoms with Gasteiger partial charge in [0.1, 0.15) is 5.82 Å². The van der Waals surface area contributed by atoms with Crippen molar-refractivity contribution in [3.8, 4) is 0 Å². The molecule has 2 aromatic rings. The minimum Gasteiger partial charge on any atom is -0.339 e. The molecule has 0 radical (unpaired) electrons. The van der Waals surface area contributed by atoms with E-state index in [0.29, 0.717) is 43.2 Å². The van der Waals surface area contributed by atoms with Crippen LogP contribution in [0.3, 0.4) is 0 Å². The van der Waals surface area contributed by atoms with Crippen LogP contribution in [0.1, 0.15) is 62.9 Å². The highest BCUT2D eigenvalue weighted by atomic mass is 19.1. The smallest absolute Gasteiger partial charge is 0.227 e. The van der Waals surface area contributed by atoms with Crippen molar-refractivity contribution >= 4 is 11.6 Å². The number of halogens is 1. The van der Waals surface area contributed by atoms with Crippen molar-refractivity contribution in [2.45, 2.75) is 65.2 Å². The summed E-state index contributed by atoms with van der Waals surface area (Å²) in [6.07, 6.45) is 3.16. The van der Waals surface area contributed by atoms with Gasteiger partial charge in [0.15, 0.2) is 5.82 Å². The SMILES string of the molecule is Cc1cc(F)c2c(c1)CCCN2C(=O)CCCc1nc(C(C)(C)C)no1. The first-order chi connectivity index (χ1) is 12.3. The number of carbonyl (C=O) groups excluding carboxylic acids is 1. The summed E-state index contributed by atoms with van der Waals surface area (Å²) < 4.78 is 19.7. The maximum atomic E-state index is 14.4. The highest BCUT2D eigenvalue weighted by Crippen LogP contribution is 2.32. The van der Waals surface area contributed by atoms with Crippen molar-refractivity contribution < 1.29 is 13.7 Å². The first-order valence-electron chi connectivity index (χ1n) is 9.18. The third-order valence-electron chi connectivity index (χ3n) is 4.61. The fraction of sp³-hybridized carbons (Fsp3) is 0.550. The number of benzene rings is 1. The number of nitrogens with zero attached hydrogens (tertiary/aromatic N) is 3. The van der Waals surface area contributed by atoms with Crippen LogP contribution < -0.4 is 4.90 Å². The quantitative estimate of drug-likeness (QED) is 0.824. The maximum Gasteiger partial charge on any atom is 0.227 e. The molecule has 0 spiro atoms. The number of aromatic nitrogens is 2. The van der Waals surface area contributed by atoms with Crippen molar-refractivity contribution in [3.63, 3.8) is 0 Å². The third-order valence-corrected chi connectivity index (χ3v) is 4.61. The first-order valence-corrected chi connectivity index (χ1v) is 9.18. The second-order valence-electron chi connectivity index (χ2n) is 8.02. The summed E-state index contributed by atoms with van der Waals surface area (Å²) in [5, 5.41) is 3.99. The normalized spacial score (nSPS) is 14.4. The molecular formula is C20H26FN3O2. The zero-order valence-electron chi connectivity index (χ0n) is 15.9. The molecule has 0 unspecified atom stereocenters. The van der Waals surface area contributed by atoms with E-state index < -0.39 is 0 Å². The zero-order chi connectivity index (χ0) is 18.9. The number of amides is 1. The molecule has 0 bridgehead atoms. The summed E-state index contributed by atoms with van der Waals surface area (Å²) in [6, 6.07) is 3.47. The van der Waals surface area contributed by atoms with E-state index in [0.717, 1.165) is 24.0 Å². The molecule has 0 aliphatic carbocycles. The van der Waals surface area contributed by atoms with Gasteiger partial charge in [-0.3, -0.25) is 4.79 Å². The Morgan fingerprint density at radius 2 is 2.12 bits per heavy atom. The van der Waals surface area contributed by atoms with Gasteiger partial charge in [-0.25, -0.2) is 4.39 Å². The molecule has 0 fully saturated rings. The van der Waals surface area contributed by atoms with Gasteiger partial charge < -0.3 is 9.42 Å². The molecule has 6 heteroatoms. The van der Waals surface area contributed by atoms with Crippen LogP contribution in [0.25, 0.3) is 0 Å². The van der Waals surface area contributed by atoms with Gasteiger partial charge in [-0.05, 0) is 43.4 Å². The largest absolute Gasteiger partial charge is 0.339 e. The zero-order valence-corrected chi connectivity index (χ0v) is 15.9. The van der Waals surface area contributed by atoms with Crippen molar-refractivity contribution in [2.75, 3.05) is 11.4 Å². The fourth-order valence-electron chi connectivity index (χ4n) is 3.27. The minimum atomic E-state index is -0.306. The molecule has 1 aliphatic rings. The molecule has 0 saturated heterocycles. The summed E-state index contributed by atoms with van der Waals surface area (Å²) in [5.41, 5.74) is 2.11. The number of aryl methyl sites for hydroxylation is 3. The van der Waals surface area contributed by atoms with Crippen molar-refractivity contribution in [3.05, 3.63) is 40.8 Å². The highest BCUT2D eigenvalue weighted by Gasteiger charge is 2.26. The average Bonchev–Trinajstić information content (AvgIpc) is 3.03. The number of hydrogen-bond acceptors (Lipinski definition) is 4. The molecule has 140 valence electrons. The Hall–Kier alpha value is -2.24. The summed E-state index contributed by atoms with van der Waals surface area (Å²) in [6.45, 7) is 8.51. The van der Waals surface area contributed by atoms with Gasteiger partial charge in [0.25, 0.3) is 0 Å². The summed E-state index contributed by atoms with van der Waals surface area (Å²) in [7, 11) is 0. The van der Waals surface area contributed by atoms with Crippen LogP contribution in [0.2, 0.25) is 0 Å². The summed E-state index contributed by atoms with van der Waals surface area (Å²) in [5.74, 6) is 0.855. The molecule has 2 heterocycles. The Morgan fingerprint density at radius 1 is 1.35 bits per heavy atom. The predicted molar refractivity (Wildman–Crippen MR) is 97.7 cm³/mol. The van der Waals surface area contributed by atoms with Gasteiger partial charge in [0.2, 0.25) is 11.8 Å². The van der Waals surface area contributed by atoms with Crippen molar-refractivity contribution in [1.29, 1.82) is 0 Å². The molecule has 1 aromatic carbocycles. The van der Waals surface area contributed by atoms with Gasteiger partial charge in [0, 0.05) is 24.8 Å². The highest BCUT2D eigenvalue weighted by molar-refractivity contribution is 5.94. The molecule has 5 nitrogen and oxygen atoms in total. The lowest BCUT2D eigenvalue weighted by Gasteiger charge is -2.30. The average molecular weight is 359 g/mol. The molecule has 0 atom stereocenters. The number of hydrogen-bond donors (Lipinski definition) is 0. The fourth-order valence-corrected chi connectivity index (χ4v) is 3.27. The maximum absolute atomic E-state index is 14.4. The van der Waals surface area contributed by atoms with Crippen LogP contribution >= 0.6 is 0 Å². The standard InChI is InChI=1S/C20H26FN3O2/c1-13-11-14-7-6-10-24(18(14)15(21)12-13)17(25)9-5-8-16-22-19(23-26-16)20(2,3)4/h11-12H,5-10H2,1-4H3. The van der Waals surface area contributed by atoms with Crippen LogP contribution in [0.5, 0.6) is 0 Å². The molecular weight excluding hydrogens is 333 g/mol. The summed E-state index contributed by atoms with van der Waals surface area (Å²) >= 11 is 0. The van der Waals surface area contributed by atoms with Gasteiger partial charge in [0.05, 0.1) is 5.69 Å². The van der Waals surface area contributed by atoms with E-state index in [4.69, 9.17) is 4.52 Å². The van der Waals surface area contributed by atoms with E-state index in [-0.39, 0.29) is 17.1 Å². The van der Waals surface area contributed by atoms with E-state index in [9.17, 15) is 9.18 Å². The lowest BCUT2D eigenvalue weighted by molar-refractivity contribution is -0.118. The topological polar surface area (TPSA) is 59.2 Å². The molecule has 0 saturated carbocycles. The van der Waals surface area contributed by atoms with Crippen LogP contribution in [-0.4, -0.2) is 22.6 Å². The molecule has 1 aromatic heterocycles. The van der Waals surface area contributed by atoms with Gasteiger partial charge >= 0.3 is 0 Å². The first kappa shape index (κ1) is 18.5. The van der Waals surface area contributed by atoms with E-state index in [2.05, 4.69) is 10.1 Å². The Morgan fingerprint density at radius 3 is 2.81 bits per heavy atom. The van der Waals surface area contributed by atoms with Crippen molar-refractivity contribution in [2.24, 2.45) is 0 Å². The Balaban J connectivity index is 1.62. The van der Waals surface area contributed by atoms with E-state index in [1.54, 1.807) is 4.90 Å². The van der Waals surface area contributed by atoms with Crippen molar-refractivity contribution in [1.82, 2.24) is 10.1 Å². The Bertz CT molecular complexity index is 808. The van der Waals surface area contributed by atoms with Crippen LogP contribution in [-0.2, 0) is 23.1 Å². The Labute approximate surface area is 153 Å². The molecule has 26 heavy (non-hydrogen) atoms. The monoisotopic (exact) mass is 359 g/mol. The molecule has 1 amide bonds. The molecule has 3 rings (SSSR count). The number of rotatable bonds is 4.